The molecule has 18 heavy (non-hydrogen) atoms. The molecule has 0 aromatic heterocycles. The van der Waals surface area contributed by atoms with E-state index in [1.165, 1.54) is 0 Å². The van der Waals surface area contributed by atoms with Crippen molar-refractivity contribution in [2.75, 3.05) is 32.6 Å². The van der Waals surface area contributed by atoms with E-state index in [0.717, 1.165) is 38.8 Å². The number of unbranched alkanes of at least 4 members (excludes halogenated alkanes) is 2. The van der Waals surface area contributed by atoms with E-state index in [-0.39, 0.29) is 0 Å². The van der Waals surface area contributed by atoms with Crippen molar-refractivity contribution in [1.29, 1.82) is 0 Å². The molecule has 0 heterocycles. The minimum atomic E-state index is -2.94. The molecule has 0 amide bonds. The van der Waals surface area contributed by atoms with E-state index in [1.54, 1.807) is 0 Å². The van der Waals surface area contributed by atoms with Gasteiger partial charge in [-0.05, 0) is 25.9 Å². The van der Waals surface area contributed by atoms with Gasteiger partial charge >= 0.3 is 7.60 Å². The zero-order valence-electron chi connectivity index (χ0n) is 12.5. The van der Waals surface area contributed by atoms with Gasteiger partial charge in [-0.15, -0.1) is 0 Å². The summed E-state index contributed by atoms with van der Waals surface area (Å²) in [5, 5.41) is 0. The van der Waals surface area contributed by atoms with Crippen molar-refractivity contribution in [2.24, 2.45) is 0 Å². The number of nitrogens with zero attached hydrogens (tertiary/aromatic N) is 1. The molecule has 0 bridgehead atoms. The molecule has 0 atom stereocenters. The molecule has 0 aliphatic heterocycles. The topological polar surface area (TPSA) is 38.8 Å². The average molecular weight is 279 g/mol. The van der Waals surface area contributed by atoms with E-state index in [4.69, 9.17) is 9.05 Å². The van der Waals surface area contributed by atoms with Gasteiger partial charge in [0, 0.05) is 0 Å². The summed E-state index contributed by atoms with van der Waals surface area (Å²) in [5.41, 5.74) is 0. The summed E-state index contributed by atoms with van der Waals surface area (Å²) in [7, 11) is -2.94. The lowest BCUT2D eigenvalue weighted by atomic mass is 10.4. The van der Waals surface area contributed by atoms with Crippen LogP contribution in [-0.2, 0) is 13.6 Å². The van der Waals surface area contributed by atoms with E-state index >= 15 is 0 Å². The minimum absolute atomic E-state index is 0.410. The van der Waals surface area contributed by atoms with Crippen LogP contribution in [0.3, 0.4) is 0 Å². The molecule has 5 heteroatoms. The fourth-order valence-corrected chi connectivity index (χ4v) is 3.43. The predicted octanol–water partition coefficient (Wildman–Crippen LogP) is 4.11. The average Bonchev–Trinajstić information content (AvgIpc) is 2.37. The van der Waals surface area contributed by atoms with Gasteiger partial charge in [0.1, 0.15) is 6.29 Å². The molecule has 0 fully saturated rings. The number of hydrogen-bond acceptors (Lipinski definition) is 4. The molecule has 0 aliphatic rings. The van der Waals surface area contributed by atoms with Crippen LogP contribution in [0.25, 0.3) is 0 Å². The van der Waals surface area contributed by atoms with Crippen molar-refractivity contribution in [1.82, 2.24) is 4.90 Å². The Hall–Kier alpha value is 0.110. The zero-order chi connectivity index (χ0) is 13.9. The molecule has 0 saturated carbocycles. The van der Waals surface area contributed by atoms with Gasteiger partial charge in [0.2, 0.25) is 0 Å². The molecule has 0 aromatic rings. The highest BCUT2D eigenvalue weighted by molar-refractivity contribution is 7.53. The van der Waals surface area contributed by atoms with E-state index in [0.29, 0.717) is 19.5 Å². The monoisotopic (exact) mass is 279 g/mol. The lowest BCUT2D eigenvalue weighted by Gasteiger charge is -2.25. The van der Waals surface area contributed by atoms with Crippen molar-refractivity contribution < 1.29 is 13.6 Å². The largest absolute Gasteiger partial charge is 0.344 e. The van der Waals surface area contributed by atoms with Crippen molar-refractivity contribution in [3.05, 3.63) is 0 Å². The van der Waals surface area contributed by atoms with Crippen LogP contribution < -0.4 is 0 Å². The van der Waals surface area contributed by atoms with Gasteiger partial charge in [0.05, 0.1) is 13.2 Å². The minimum Gasteiger partial charge on any atom is -0.308 e. The van der Waals surface area contributed by atoms with Crippen molar-refractivity contribution in [3.8, 4) is 0 Å². The normalized spacial score (nSPS) is 12.3. The highest BCUT2D eigenvalue weighted by atomic mass is 31.2. The zero-order valence-corrected chi connectivity index (χ0v) is 13.4. The summed E-state index contributed by atoms with van der Waals surface area (Å²) in [6.45, 7) is 11.1. The second kappa shape index (κ2) is 11.0. The standard InChI is InChI=1S/C13H30NO3P/c1-5-9-11-16-18(15,17-12-10-6-2)13-14(7-3)8-4/h5-13H2,1-4H3. The molecular formula is C13H30NO3P. The van der Waals surface area contributed by atoms with E-state index in [1.807, 2.05) is 0 Å². The fraction of sp³-hybridized carbons (Fsp3) is 1.00. The summed E-state index contributed by atoms with van der Waals surface area (Å²) in [6, 6.07) is 0. The van der Waals surface area contributed by atoms with Gasteiger partial charge in [0.25, 0.3) is 0 Å². The molecule has 0 radical (unpaired) electrons. The summed E-state index contributed by atoms with van der Waals surface area (Å²) in [4.78, 5) is 2.10. The molecule has 0 spiro atoms. The Balaban J connectivity index is 4.32. The lowest BCUT2D eigenvalue weighted by molar-refractivity contribution is 0.183. The van der Waals surface area contributed by atoms with Crippen LogP contribution in [0.15, 0.2) is 0 Å². The Morgan fingerprint density at radius 1 is 0.889 bits per heavy atom. The summed E-state index contributed by atoms with van der Waals surface area (Å²) in [5.74, 6) is 0. The van der Waals surface area contributed by atoms with Crippen LogP contribution in [0, 0.1) is 0 Å². The molecule has 0 unspecified atom stereocenters. The van der Waals surface area contributed by atoms with Crippen LogP contribution in [-0.4, -0.2) is 37.5 Å². The van der Waals surface area contributed by atoms with Crippen LogP contribution in [0.2, 0.25) is 0 Å². The molecular weight excluding hydrogens is 249 g/mol. The summed E-state index contributed by atoms with van der Waals surface area (Å²) in [6.07, 6.45) is 4.35. The third kappa shape index (κ3) is 8.25. The molecule has 0 aliphatic carbocycles. The first-order valence-electron chi connectivity index (χ1n) is 7.22. The first-order chi connectivity index (χ1) is 8.61. The number of hydrogen-bond donors (Lipinski definition) is 0. The van der Waals surface area contributed by atoms with Crippen molar-refractivity contribution in [2.45, 2.75) is 53.4 Å². The maximum atomic E-state index is 12.6. The van der Waals surface area contributed by atoms with E-state index < -0.39 is 7.60 Å². The highest BCUT2D eigenvalue weighted by Gasteiger charge is 2.26. The first-order valence-corrected chi connectivity index (χ1v) is 8.95. The second-order valence-electron chi connectivity index (χ2n) is 4.43. The van der Waals surface area contributed by atoms with Gasteiger partial charge in [-0.1, -0.05) is 40.5 Å². The predicted molar refractivity (Wildman–Crippen MR) is 77.1 cm³/mol. The van der Waals surface area contributed by atoms with E-state index in [9.17, 15) is 4.57 Å². The molecule has 0 rings (SSSR count). The summed E-state index contributed by atoms with van der Waals surface area (Å²) >= 11 is 0. The Morgan fingerprint density at radius 2 is 1.33 bits per heavy atom. The third-order valence-corrected chi connectivity index (χ3v) is 4.74. The smallest absolute Gasteiger partial charge is 0.308 e. The van der Waals surface area contributed by atoms with Crippen LogP contribution >= 0.6 is 7.60 Å². The highest BCUT2D eigenvalue weighted by Crippen LogP contribution is 2.48. The molecule has 110 valence electrons. The Bertz CT molecular complexity index is 218. The van der Waals surface area contributed by atoms with Crippen LogP contribution in [0.4, 0.5) is 0 Å². The third-order valence-electron chi connectivity index (χ3n) is 2.84. The molecule has 0 aromatic carbocycles. The van der Waals surface area contributed by atoms with Gasteiger partial charge in [-0.2, -0.15) is 0 Å². The van der Waals surface area contributed by atoms with E-state index in [2.05, 4.69) is 32.6 Å². The lowest BCUT2D eigenvalue weighted by Crippen LogP contribution is -2.25. The van der Waals surface area contributed by atoms with Crippen LogP contribution in [0.1, 0.15) is 53.4 Å². The maximum absolute atomic E-state index is 12.6. The molecule has 4 nitrogen and oxygen atoms in total. The summed E-state index contributed by atoms with van der Waals surface area (Å²) < 4.78 is 23.7. The Kier molecular flexibility index (Phi) is 11.0. The SMILES string of the molecule is CCCCOP(=O)(CN(CC)CC)OCCCC. The Morgan fingerprint density at radius 3 is 1.67 bits per heavy atom. The number of rotatable bonds is 12. The molecule has 0 N–H and O–H groups in total. The van der Waals surface area contributed by atoms with Gasteiger partial charge in [-0.3, -0.25) is 9.46 Å². The van der Waals surface area contributed by atoms with Crippen LogP contribution in [0.5, 0.6) is 0 Å². The first kappa shape index (κ1) is 18.1. The van der Waals surface area contributed by atoms with Gasteiger partial charge in [0.15, 0.2) is 0 Å². The Labute approximate surface area is 113 Å². The van der Waals surface area contributed by atoms with Gasteiger partial charge < -0.3 is 9.05 Å². The van der Waals surface area contributed by atoms with Gasteiger partial charge in [-0.25, -0.2) is 0 Å². The van der Waals surface area contributed by atoms with Crippen molar-refractivity contribution >= 4 is 7.60 Å². The maximum Gasteiger partial charge on any atom is 0.344 e. The molecule has 0 saturated heterocycles. The fourth-order valence-electron chi connectivity index (χ4n) is 1.48. The quantitative estimate of drug-likeness (QED) is 0.398. The van der Waals surface area contributed by atoms with Crippen molar-refractivity contribution in [3.63, 3.8) is 0 Å². The second-order valence-corrected chi connectivity index (χ2v) is 6.45.